The Hall–Kier alpha value is -0.380. The van der Waals surface area contributed by atoms with Gasteiger partial charge in [-0.3, -0.25) is 0 Å². The Kier molecular flexibility index (Phi) is 5.01. The predicted molar refractivity (Wildman–Crippen MR) is 73.5 cm³/mol. The lowest BCUT2D eigenvalue weighted by Crippen LogP contribution is -2.10. The van der Waals surface area contributed by atoms with Crippen molar-refractivity contribution in [1.82, 2.24) is 5.32 Å². The van der Waals surface area contributed by atoms with Crippen LogP contribution in [0.5, 0.6) is 0 Å². The average molecular weight is 253 g/mol. The van der Waals surface area contributed by atoms with E-state index in [1.165, 1.54) is 41.0 Å². The molecule has 0 spiro atoms. The van der Waals surface area contributed by atoms with E-state index in [0.717, 1.165) is 19.7 Å². The van der Waals surface area contributed by atoms with Gasteiger partial charge in [-0.25, -0.2) is 0 Å². The summed E-state index contributed by atoms with van der Waals surface area (Å²) < 4.78 is 5.97. The predicted octanol–water partition coefficient (Wildman–Crippen LogP) is 3.63. The van der Waals surface area contributed by atoms with Crippen LogP contribution >= 0.6 is 11.3 Å². The molecule has 0 bridgehead atoms. The SMILES string of the molecule is CCNCc1cc(COC2CCCC2)c(C)s1. The van der Waals surface area contributed by atoms with Crippen molar-refractivity contribution in [1.29, 1.82) is 0 Å². The highest BCUT2D eigenvalue weighted by Gasteiger charge is 2.16. The van der Waals surface area contributed by atoms with E-state index in [1.807, 2.05) is 11.3 Å². The molecule has 1 aliphatic carbocycles. The van der Waals surface area contributed by atoms with Crippen molar-refractivity contribution >= 4 is 11.3 Å². The fraction of sp³-hybridized carbons (Fsp3) is 0.714. The summed E-state index contributed by atoms with van der Waals surface area (Å²) >= 11 is 1.89. The molecule has 0 atom stereocenters. The molecule has 17 heavy (non-hydrogen) atoms. The molecule has 2 nitrogen and oxygen atoms in total. The van der Waals surface area contributed by atoms with Crippen molar-refractivity contribution in [3.8, 4) is 0 Å². The number of rotatable bonds is 6. The lowest BCUT2D eigenvalue weighted by molar-refractivity contribution is 0.0456. The van der Waals surface area contributed by atoms with E-state index in [2.05, 4.69) is 25.2 Å². The van der Waals surface area contributed by atoms with E-state index >= 15 is 0 Å². The van der Waals surface area contributed by atoms with Crippen LogP contribution in [0.4, 0.5) is 0 Å². The first-order valence-corrected chi connectivity index (χ1v) is 7.51. The van der Waals surface area contributed by atoms with Crippen LogP contribution in [0.15, 0.2) is 6.07 Å². The summed E-state index contributed by atoms with van der Waals surface area (Å²) in [5.41, 5.74) is 1.38. The average Bonchev–Trinajstić information content (AvgIpc) is 2.93. The number of nitrogens with one attached hydrogen (secondary N) is 1. The Morgan fingerprint density at radius 3 is 2.88 bits per heavy atom. The van der Waals surface area contributed by atoms with E-state index in [4.69, 9.17) is 4.74 Å². The Morgan fingerprint density at radius 1 is 1.41 bits per heavy atom. The van der Waals surface area contributed by atoms with Crippen LogP contribution in [0.25, 0.3) is 0 Å². The van der Waals surface area contributed by atoms with Crippen LogP contribution in [-0.4, -0.2) is 12.6 Å². The quantitative estimate of drug-likeness (QED) is 0.836. The Morgan fingerprint density at radius 2 is 2.18 bits per heavy atom. The molecular weight excluding hydrogens is 230 g/mol. The van der Waals surface area contributed by atoms with E-state index < -0.39 is 0 Å². The van der Waals surface area contributed by atoms with Gasteiger partial charge in [-0.15, -0.1) is 11.3 Å². The maximum Gasteiger partial charge on any atom is 0.0731 e. The molecule has 3 heteroatoms. The Balaban J connectivity index is 1.84. The Labute approximate surface area is 108 Å². The number of aryl methyl sites for hydroxylation is 1. The molecule has 1 N–H and O–H groups in total. The summed E-state index contributed by atoms with van der Waals surface area (Å²) in [4.78, 5) is 2.84. The number of thiophene rings is 1. The van der Waals surface area contributed by atoms with Gasteiger partial charge in [0.2, 0.25) is 0 Å². The second-order valence-electron chi connectivity index (χ2n) is 4.79. The molecule has 0 radical (unpaired) electrons. The van der Waals surface area contributed by atoms with E-state index in [9.17, 15) is 0 Å². The highest BCUT2D eigenvalue weighted by molar-refractivity contribution is 7.12. The number of hydrogen-bond donors (Lipinski definition) is 1. The van der Waals surface area contributed by atoms with Gasteiger partial charge in [0.15, 0.2) is 0 Å². The highest BCUT2D eigenvalue weighted by atomic mass is 32.1. The standard InChI is InChI=1S/C14H23NOS/c1-3-15-9-14-8-12(11(2)17-14)10-16-13-6-4-5-7-13/h8,13,15H,3-7,9-10H2,1-2H3. The summed E-state index contributed by atoms with van der Waals surface area (Å²) in [5, 5.41) is 3.37. The molecule has 1 saturated carbocycles. The first-order valence-electron chi connectivity index (χ1n) is 6.70. The normalized spacial score (nSPS) is 16.8. The van der Waals surface area contributed by atoms with Gasteiger partial charge in [-0.05, 0) is 37.9 Å². The van der Waals surface area contributed by atoms with Crippen molar-refractivity contribution in [3.05, 3.63) is 21.4 Å². The van der Waals surface area contributed by atoms with Gasteiger partial charge >= 0.3 is 0 Å². The Bertz CT molecular complexity index is 342. The molecule has 1 aromatic heterocycles. The maximum atomic E-state index is 5.97. The van der Waals surface area contributed by atoms with Gasteiger partial charge in [0.05, 0.1) is 12.7 Å². The van der Waals surface area contributed by atoms with E-state index in [0.29, 0.717) is 6.10 Å². The molecule has 1 fully saturated rings. The minimum Gasteiger partial charge on any atom is -0.374 e. The third kappa shape index (κ3) is 3.80. The molecule has 0 aliphatic heterocycles. The zero-order valence-corrected chi connectivity index (χ0v) is 11.7. The van der Waals surface area contributed by atoms with Crippen LogP contribution in [-0.2, 0) is 17.9 Å². The molecule has 96 valence electrons. The third-order valence-electron chi connectivity index (χ3n) is 3.40. The molecule has 1 aliphatic rings. The molecule has 0 saturated heterocycles. The maximum absolute atomic E-state index is 5.97. The van der Waals surface area contributed by atoms with Crippen LogP contribution in [0.3, 0.4) is 0 Å². The summed E-state index contributed by atoms with van der Waals surface area (Å²) in [6.07, 6.45) is 5.73. The minimum absolute atomic E-state index is 0.520. The largest absolute Gasteiger partial charge is 0.374 e. The van der Waals surface area contributed by atoms with E-state index in [-0.39, 0.29) is 0 Å². The van der Waals surface area contributed by atoms with Gasteiger partial charge in [-0.2, -0.15) is 0 Å². The van der Waals surface area contributed by atoms with Crippen molar-refractivity contribution < 1.29 is 4.74 Å². The molecule has 1 aromatic rings. The van der Waals surface area contributed by atoms with Gasteiger partial charge in [0.1, 0.15) is 0 Å². The third-order valence-corrected chi connectivity index (χ3v) is 4.49. The van der Waals surface area contributed by atoms with Crippen molar-refractivity contribution in [3.63, 3.8) is 0 Å². The monoisotopic (exact) mass is 253 g/mol. The second kappa shape index (κ2) is 6.53. The first kappa shape index (κ1) is 13.1. The van der Waals surface area contributed by atoms with Crippen LogP contribution in [0, 0.1) is 6.92 Å². The van der Waals surface area contributed by atoms with Gasteiger partial charge in [0, 0.05) is 16.3 Å². The first-order chi connectivity index (χ1) is 8.29. The molecular formula is C14H23NOS. The molecule has 0 unspecified atom stereocenters. The molecule has 1 heterocycles. The van der Waals surface area contributed by atoms with Crippen molar-refractivity contribution in [2.24, 2.45) is 0 Å². The summed E-state index contributed by atoms with van der Waals surface area (Å²) in [6, 6.07) is 2.30. The molecule has 0 amide bonds. The zero-order valence-electron chi connectivity index (χ0n) is 10.9. The van der Waals surface area contributed by atoms with Gasteiger partial charge in [-0.1, -0.05) is 19.8 Å². The fourth-order valence-corrected chi connectivity index (χ4v) is 3.35. The molecule has 0 aromatic carbocycles. The zero-order chi connectivity index (χ0) is 12.1. The molecule has 2 rings (SSSR count). The number of hydrogen-bond acceptors (Lipinski definition) is 3. The summed E-state index contributed by atoms with van der Waals surface area (Å²) in [6.45, 7) is 7.17. The summed E-state index contributed by atoms with van der Waals surface area (Å²) in [7, 11) is 0. The lowest BCUT2D eigenvalue weighted by Gasteiger charge is -2.10. The smallest absolute Gasteiger partial charge is 0.0731 e. The fourth-order valence-electron chi connectivity index (χ4n) is 2.33. The van der Waals surface area contributed by atoms with Gasteiger partial charge in [0.25, 0.3) is 0 Å². The van der Waals surface area contributed by atoms with Crippen LogP contribution < -0.4 is 5.32 Å². The second-order valence-corrected chi connectivity index (χ2v) is 6.13. The van der Waals surface area contributed by atoms with E-state index in [1.54, 1.807) is 0 Å². The minimum atomic E-state index is 0.520. The van der Waals surface area contributed by atoms with Crippen molar-refractivity contribution in [2.75, 3.05) is 6.54 Å². The van der Waals surface area contributed by atoms with Crippen LogP contribution in [0.2, 0.25) is 0 Å². The lowest BCUT2D eigenvalue weighted by atomic mass is 10.2. The van der Waals surface area contributed by atoms with Gasteiger partial charge < -0.3 is 10.1 Å². The van der Waals surface area contributed by atoms with Crippen LogP contribution in [0.1, 0.15) is 47.9 Å². The highest BCUT2D eigenvalue weighted by Crippen LogP contribution is 2.26. The summed E-state index contributed by atoms with van der Waals surface area (Å²) in [5.74, 6) is 0. The number of ether oxygens (including phenoxy) is 1. The topological polar surface area (TPSA) is 21.3 Å². The van der Waals surface area contributed by atoms with Crippen molar-refractivity contribution in [2.45, 2.75) is 58.8 Å².